The minimum atomic E-state index is -3.17. The van der Waals surface area contributed by atoms with Gasteiger partial charge < -0.3 is 10.1 Å². The van der Waals surface area contributed by atoms with E-state index < -0.39 is 15.4 Å². The van der Waals surface area contributed by atoms with Crippen LogP contribution in [-0.2, 0) is 19.4 Å². The van der Waals surface area contributed by atoms with E-state index in [4.69, 9.17) is 4.74 Å². The standard InChI is InChI=1S/C12H22N2O4S/c1-2-18-11(15)12(14-7-5-13-6-8-14)4-3-9-19(16,17)10-12/h13H,2-10H2,1H3. The van der Waals surface area contributed by atoms with Crippen LogP contribution in [0.1, 0.15) is 19.8 Å². The first kappa shape index (κ1) is 14.7. The molecule has 0 aromatic rings. The summed E-state index contributed by atoms with van der Waals surface area (Å²) in [5.74, 6) is -0.292. The van der Waals surface area contributed by atoms with E-state index in [0.717, 1.165) is 13.1 Å². The van der Waals surface area contributed by atoms with Crippen molar-refractivity contribution in [2.24, 2.45) is 0 Å². The third-order valence-electron chi connectivity index (χ3n) is 3.88. The Morgan fingerprint density at radius 3 is 2.63 bits per heavy atom. The highest BCUT2D eigenvalue weighted by molar-refractivity contribution is 7.91. The lowest BCUT2D eigenvalue weighted by atomic mass is 9.92. The van der Waals surface area contributed by atoms with Crippen LogP contribution in [0.15, 0.2) is 0 Å². The van der Waals surface area contributed by atoms with Crippen LogP contribution in [0.5, 0.6) is 0 Å². The Morgan fingerprint density at radius 2 is 2.05 bits per heavy atom. The van der Waals surface area contributed by atoms with Gasteiger partial charge in [0.25, 0.3) is 0 Å². The van der Waals surface area contributed by atoms with E-state index in [1.54, 1.807) is 6.92 Å². The zero-order valence-corrected chi connectivity index (χ0v) is 12.2. The SMILES string of the molecule is CCOC(=O)C1(N2CCNCC2)CCCS(=O)(=O)C1. The van der Waals surface area contributed by atoms with E-state index in [1.807, 2.05) is 4.90 Å². The molecule has 0 saturated carbocycles. The summed E-state index contributed by atoms with van der Waals surface area (Å²) in [5, 5.41) is 3.22. The molecule has 0 bridgehead atoms. The Kier molecular flexibility index (Phi) is 4.47. The molecule has 0 aliphatic carbocycles. The normalized spacial score (nSPS) is 31.8. The van der Waals surface area contributed by atoms with Gasteiger partial charge in [0, 0.05) is 26.2 Å². The van der Waals surface area contributed by atoms with E-state index in [-0.39, 0.29) is 24.1 Å². The lowest BCUT2D eigenvalue weighted by Crippen LogP contribution is -2.65. The van der Waals surface area contributed by atoms with Crippen molar-refractivity contribution < 1.29 is 17.9 Å². The van der Waals surface area contributed by atoms with Gasteiger partial charge >= 0.3 is 5.97 Å². The molecule has 1 atom stereocenters. The van der Waals surface area contributed by atoms with Gasteiger partial charge in [-0.25, -0.2) is 8.42 Å². The molecule has 2 rings (SSSR count). The molecule has 2 fully saturated rings. The van der Waals surface area contributed by atoms with E-state index in [0.29, 0.717) is 25.9 Å². The molecule has 6 nitrogen and oxygen atoms in total. The predicted octanol–water partition coefficient (Wildman–Crippen LogP) is -0.598. The number of rotatable bonds is 3. The van der Waals surface area contributed by atoms with Gasteiger partial charge in [-0.3, -0.25) is 9.69 Å². The molecule has 2 aliphatic rings. The largest absolute Gasteiger partial charge is 0.465 e. The van der Waals surface area contributed by atoms with Crippen molar-refractivity contribution in [1.82, 2.24) is 10.2 Å². The van der Waals surface area contributed by atoms with Gasteiger partial charge in [0.05, 0.1) is 18.1 Å². The van der Waals surface area contributed by atoms with Crippen LogP contribution < -0.4 is 5.32 Å². The Labute approximate surface area is 114 Å². The summed E-state index contributed by atoms with van der Waals surface area (Å²) in [6, 6.07) is 0. The van der Waals surface area contributed by atoms with Crippen molar-refractivity contribution in [3.63, 3.8) is 0 Å². The molecule has 0 spiro atoms. The summed E-state index contributed by atoms with van der Waals surface area (Å²) in [5.41, 5.74) is -0.963. The number of esters is 1. The van der Waals surface area contributed by atoms with Gasteiger partial charge in [-0.05, 0) is 19.8 Å². The summed E-state index contributed by atoms with van der Waals surface area (Å²) in [4.78, 5) is 14.4. The summed E-state index contributed by atoms with van der Waals surface area (Å²) in [6.45, 7) is 4.97. The fraction of sp³-hybridized carbons (Fsp3) is 0.917. The molecular formula is C12H22N2O4S. The van der Waals surface area contributed by atoms with E-state index >= 15 is 0 Å². The van der Waals surface area contributed by atoms with Crippen LogP contribution in [-0.4, -0.2) is 69.1 Å². The van der Waals surface area contributed by atoms with Crippen molar-refractivity contribution in [1.29, 1.82) is 0 Å². The smallest absolute Gasteiger partial charge is 0.327 e. The molecule has 0 aromatic carbocycles. The number of piperazine rings is 1. The number of carbonyl (C=O) groups excluding carboxylic acids is 1. The lowest BCUT2D eigenvalue weighted by Gasteiger charge is -2.45. The number of nitrogens with one attached hydrogen (secondary N) is 1. The Morgan fingerprint density at radius 1 is 1.37 bits per heavy atom. The molecule has 1 unspecified atom stereocenters. The summed E-state index contributed by atoms with van der Waals surface area (Å²) in [6.07, 6.45) is 1.11. The lowest BCUT2D eigenvalue weighted by molar-refractivity contribution is -0.158. The number of hydrogen-bond acceptors (Lipinski definition) is 6. The van der Waals surface area contributed by atoms with Gasteiger partial charge in [0.2, 0.25) is 0 Å². The highest BCUT2D eigenvalue weighted by Gasteiger charge is 2.50. The molecule has 0 aromatic heterocycles. The molecule has 2 saturated heterocycles. The minimum absolute atomic E-state index is 0.0984. The molecule has 0 radical (unpaired) electrons. The zero-order chi connectivity index (χ0) is 13.9. The number of hydrogen-bond donors (Lipinski definition) is 1. The maximum Gasteiger partial charge on any atom is 0.327 e. The predicted molar refractivity (Wildman–Crippen MR) is 71.7 cm³/mol. The average molecular weight is 290 g/mol. The van der Waals surface area contributed by atoms with Crippen LogP contribution in [0.25, 0.3) is 0 Å². The minimum Gasteiger partial charge on any atom is -0.465 e. The fourth-order valence-electron chi connectivity index (χ4n) is 2.99. The molecule has 0 amide bonds. The van der Waals surface area contributed by atoms with Crippen molar-refractivity contribution in [3.8, 4) is 0 Å². The molecule has 2 heterocycles. The Hall–Kier alpha value is -0.660. The average Bonchev–Trinajstić information content (AvgIpc) is 2.38. The van der Waals surface area contributed by atoms with Gasteiger partial charge in [0.1, 0.15) is 5.54 Å². The molecule has 19 heavy (non-hydrogen) atoms. The second-order valence-corrected chi connectivity index (χ2v) is 7.37. The maximum atomic E-state index is 12.4. The second kappa shape index (κ2) is 5.76. The quantitative estimate of drug-likeness (QED) is 0.700. The summed E-state index contributed by atoms with van der Waals surface area (Å²) >= 11 is 0. The van der Waals surface area contributed by atoms with Crippen molar-refractivity contribution >= 4 is 15.8 Å². The summed E-state index contributed by atoms with van der Waals surface area (Å²) in [7, 11) is -3.17. The highest BCUT2D eigenvalue weighted by Crippen LogP contribution is 2.31. The van der Waals surface area contributed by atoms with Gasteiger partial charge in [-0.1, -0.05) is 0 Å². The second-order valence-electron chi connectivity index (χ2n) is 5.18. The first-order valence-electron chi connectivity index (χ1n) is 6.83. The Bertz CT molecular complexity index is 431. The number of sulfone groups is 1. The van der Waals surface area contributed by atoms with Crippen LogP contribution in [0.2, 0.25) is 0 Å². The van der Waals surface area contributed by atoms with Crippen LogP contribution >= 0.6 is 0 Å². The van der Waals surface area contributed by atoms with Gasteiger partial charge in [0.15, 0.2) is 9.84 Å². The van der Waals surface area contributed by atoms with Crippen LogP contribution in [0.4, 0.5) is 0 Å². The van der Waals surface area contributed by atoms with Crippen LogP contribution in [0.3, 0.4) is 0 Å². The summed E-state index contributed by atoms with van der Waals surface area (Å²) < 4.78 is 29.1. The Balaban J connectivity index is 2.28. The van der Waals surface area contributed by atoms with E-state index in [1.165, 1.54) is 0 Å². The first-order chi connectivity index (χ1) is 9.00. The third kappa shape index (κ3) is 3.09. The van der Waals surface area contributed by atoms with E-state index in [9.17, 15) is 13.2 Å². The van der Waals surface area contributed by atoms with Crippen molar-refractivity contribution in [2.75, 3.05) is 44.3 Å². The first-order valence-corrected chi connectivity index (χ1v) is 8.66. The van der Waals surface area contributed by atoms with Crippen LogP contribution in [0, 0.1) is 0 Å². The fourth-order valence-corrected chi connectivity index (χ4v) is 4.89. The topological polar surface area (TPSA) is 75.7 Å². The van der Waals surface area contributed by atoms with Crippen molar-refractivity contribution in [3.05, 3.63) is 0 Å². The molecular weight excluding hydrogens is 268 g/mol. The van der Waals surface area contributed by atoms with Gasteiger partial charge in [-0.15, -0.1) is 0 Å². The number of ether oxygens (including phenoxy) is 1. The molecule has 2 aliphatic heterocycles. The monoisotopic (exact) mass is 290 g/mol. The molecule has 7 heteroatoms. The molecule has 110 valence electrons. The molecule has 1 N–H and O–H groups in total. The zero-order valence-electron chi connectivity index (χ0n) is 11.4. The third-order valence-corrected chi connectivity index (χ3v) is 5.71. The van der Waals surface area contributed by atoms with Crippen molar-refractivity contribution in [2.45, 2.75) is 25.3 Å². The maximum absolute atomic E-state index is 12.4. The number of nitrogens with zero attached hydrogens (tertiary/aromatic N) is 1. The highest BCUT2D eigenvalue weighted by atomic mass is 32.2. The van der Waals surface area contributed by atoms with Gasteiger partial charge in [-0.2, -0.15) is 0 Å². The van der Waals surface area contributed by atoms with E-state index in [2.05, 4.69) is 5.32 Å². The number of carbonyl (C=O) groups is 1.